The van der Waals surface area contributed by atoms with Gasteiger partial charge >= 0.3 is 0 Å². The molecule has 0 bridgehead atoms. The van der Waals surface area contributed by atoms with Crippen molar-refractivity contribution in [3.8, 4) is 0 Å². The Morgan fingerprint density at radius 1 is 1.50 bits per heavy atom. The Hall–Kier alpha value is -0.340. The molecule has 0 radical (unpaired) electrons. The molecule has 1 aliphatic heterocycles. The molecule has 0 aromatic heterocycles. The number of nitrogens with zero attached hydrogens (tertiary/aromatic N) is 1. The Balaban J connectivity index is 2.14. The van der Waals surface area contributed by atoms with Crippen LogP contribution in [0.5, 0.6) is 0 Å². The summed E-state index contributed by atoms with van der Waals surface area (Å²) in [5.74, 6) is 0. The maximum Gasteiger partial charge on any atom is 0.0323 e. The molecule has 1 aromatic rings. The van der Waals surface area contributed by atoms with E-state index in [0.717, 1.165) is 6.04 Å². The zero-order valence-electron chi connectivity index (χ0n) is 8.70. The van der Waals surface area contributed by atoms with E-state index in [1.165, 1.54) is 23.0 Å². The van der Waals surface area contributed by atoms with Crippen LogP contribution < -0.4 is 0 Å². The number of halogens is 1. The van der Waals surface area contributed by atoms with Crippen LogP contribution in [0.2, 0.25) is 0 Å². The van der Waals surface area contributed by atoms with Crippen molar-refractivity contribution in [1.29, 1.82) is 0 Å². The van der Waals surface area contributed by atoms with E-state index in [0.29, 0.717) is 6.04 Å². The quantitative estimate of drug-likeness (QED) is 0.779. The van der Waals surface area contributed by atoms with Gasteiger partial charge in [0.25, 0.3) is 0 Å². The first kappa shape index (κ1) is 10.2. The third-order valence-corrected chi connectivity index (χ3v) is 3.69. The van der Waals surface area contributed by atoms with Crippen molar-refractivity contribution in [3.05, 3.63) is 34.3 Å². The zero-order valence-corrected chi connectivity index (χ0v) is 10.3. The van der Waals surface area contributed by atoms with Crippen LogP contribution in [-0.2, 0) is 0 Å². The topological polar surface area (TPSA) is 3.24 Å². The number of rotatable bonds is 2. The summed E-state index contributed by atoms with van der Waals surface area (Å²) in [6, 6.07) is 9.92. The fourth-order valence-corrected chi connectivity index (χ4v) is 2.49. The molecule has 0 spiro atoms. The second kappa shape index (κ2) is 4.03. The van der Waals surface area contributed by atoms with Crippen molar-refractivity contribution in [2.24, 2.45) is 0 Å². The minimum Gasteiger partial charge on any atom is -0.294 e. The van der Waals surface area contributed by atoms with Crippen molar-refractivity contribution in [3.63, 3.8) is 0 Å². The van der Waals surface area contributed by atoms with Crippen molar-refractivity contribution >= 4 is 15.9 Å². The van der Waals surface area contributed by atoms with E-state index in [1.807, 2.05) is 0 Å². The summed E-state index contributed by atoms with van der Waals surface area (Å²) < 4.78 is 1.18. The average Bonchev–Trinajstić information content (AvgIpc) is 2.15. The summed E-state index contributed by atoms with van der Waals surface area (Å²) in [6.07, 6.45) is 1.35. The van der Waals surface area contributed by atoms with E-state index in [1.54, 1.807) is 0 Å². The molecule has 2 heteroatoms. The molecule has 1 fully saturated rings. The number of likely N-dealkylation sites (tertiary alicyclic amines) is 1. The number of hydrogen-bond acceptors (Lipinski definition) is 1. The van der Waals surface area contributed by atoms with E-state index in [9.17, 15) is 0 Å². The molecule has 2 unspecified atom stereocenters. The second-order valence-corrected chi connectivity index (χ2v) is 5.02. The summed E-state index contributed by atoms with van der Waals surface area (Å²) in [7, 11) is 0. The highest BCUT2D eigenvalue weighted by atomic mass is 79.9. The van der Waals surface area contributed by atoms with Gasteiger partial charge < -0.3 is 0 Å². The van der Waals surface area contributed by atoms with Crippen LogP contribution in [0.1, 0.15) is 31.9 Å². The lowest BCUT2D eigenvalue weighted by Gasteiger charge is -2.43. The van der Waals surface area contributed by atoms with Gasteiger partial charge in [-0.25, -0.2) is 0 Å². The molecule has 14 heavy (non-hydrogen) atoms. The molecule has 1 aromatic carbocycles. The van der Waals surface area contributed by atoms with Crippen LogP contribution in [-0.4, -0.2) is 17.5 Å². The molecule has 0 N–H and O–H groups in total. The SMILES string of the molecule is CC1CCN1C(C)c1cccc(Br)c1. The number of hydrogen-bond donors (Lipinski definition) is 0. The van der Waals surface area contributed by atoms with Crippen LogP contribution in [0, 0.1) is 0 Å². The third-order valence-electron chi connectivity index (χ3n) is 3.20. The lowest BCUT2D eigenvalue weighted by Crippen LogP contribution is -2.46. The van der Waals surface area contributed by atoms with Gasteiger partial charge in [-0.15, -0.1) is 0 Å². The van der Waals surface area contributed by atoms with Gasteiger partial charge in [0.05, 0.1) is 0 Å². The summed E-state index contributed by atoms with van der Waals surface area (Å²) >= 11 is 3.52. The summed E-state index contributed by atoms with van der Waals surface area (Å²) in [5.41, 5.74) is 1.41. The van der Waals surface area contributed by atoms with Crippen LogP contribution in [0.3, 0.4) is 0 Å². The van der Waals surface area contributed by atoms with Crippen LogP contribution in [0.4, 0.5) is 0 Å². The van der Waals surface area contributed by atoms with Gasteiger partial charge in [0.1, 0.15) is 0 Å². The van der Waals surface area contributed by atoms with Crippen molar-refractivity contribution in [1.82, 2.24) is 4.90 Å². The van der Waals surface area contributed by atoms with E-state index in [4.69, 9.17) is 0 Å². The Morgan fingerprint density at radius 2 is 2.29 bits per heavy atom. The molecule has 0 saturated carbocycles. The maximum absolute atomic E-state index is 3.52. The van der Waals surface area contributed by atoms with Gasteiger partial charge in [-0.1, -0.05) is 28.1 Å². The van der Waals surface area contributed by atoms with Crippen LogP contribution >= 0.6 is 15.9 Å². The summed E-state index contributed by atoms with van der Waals surface area (Å²) in [5, 5.41) is 0. The molecule has 1 aliphatic rings. The first-order chi connectivity index (χ1) is 6.68. The molecule has 1 nitrogen and oxygen atoms in total. The largest absolute Gasteiger partial charge is 0.294 e. The van der Waals surface area contributed by atoms with E-state index >= 15 is 0 Å². The minimum absolute atomic E-state index is 0.552. The minimum atomic E-state index is 0.552. The molecular weight excluding hydrogens is 238 g/mol. The molecule has 1 saturated heterocycles. The van der Waals surface area contributed by atoms with Crippen LogP contribution in [0.15, 0.2) is 28.7 Å². The van der Waals surface area contributed by atoms with E-state index in [-0.39, 0.29) is 0 Å². The van der Waals surface area contributed by atoms with Crippen molar-refractivity contribution in [2.45, 2.75) is 32.4 Å². The third kappa shape index (κ3) is 1.86. The molecular formula is C12H16BrN. The predicted molar refractivity (Wildman–Crippen MR) is 63.3 cm³/mol. The number of benzene rings is 1. The van der Waals surface area contributed by atoms with E-state index in [2.05, 4.69) is 58.9 Å². The highest BCUT2D eigenvalue weighted by Gasteiger charge is 2.28. The first-order valence-electron chi connectivity index (χ1n) is 5.19. The molecule has 76 valence electrons. The Labute approximate surface area is 94.2 Å². The van der Waals surface area contributed by atoms with Gasteiger partial charge in [-0.2, -0.15) is 0 Å². The zero-order chi connectivity index (χ0) is 10.1. The highest BCUT2D eigenvalue weighted by Crippen LogP contribution is 2.30. The van der Waals surface area contributed by atoms with Crippen molar-refractivity contribution in [2.75, 3.05) is 6.54 Å². The lowest BCUT2D eigenvalue weighted by atomic mass is 9.98. The Kier molecular flexibility index (Phi) is 2.93. The van der Waals surface area contributed by atoms with Gasteiger partial charge in [0.15, 0.2) is 0 Å². The smallest absolute Gasteiger partial charge is 0.0323 e. The molecule has 1 heterocycles. The second-order valence-electron chi connectivity index (χ2n) is 4.11. The Bertz CT molecular complexity index is 324. The maximum atomic E-state index is 3.52. The fraction of sp³-hybridized carbons (Fsp3) is 0.500. The average molecular weight is 254 g/mol. The van der Waals surface area contributed by atoms with Gasteiger partial charge in [-0.05, 0) is 38.0 Å². The summed E-state index contributed by atoms with van der Waals surface area (Å²) in [4.78, 5) is 2.54. The predicted octanol–water partition coefficient (Wildman–Crippen LogP) is 3.60. The highest BCUT2D eigenvalue weighted by molar-refractivity contribution is 9.10. The first-order valence-corrected chi connectivity index (χ1v) is 5.99. The van der Waals surface area contributed by atoms with Crippen LogP contribution in [0.25, 0.3) is 0 Å². The van der Waals surface area contributed by atoms with Gasteiger partial charge in [0, 0.05) is 23.1 Å². The molecule has 0 aliphatic carbocycles. The molecule has 2 atom stereocenters. The van der Waals surface area contributed by atoms with E-state index < -0.39 is 0 Å². The fourth-order valence-electron chi connectivity index (χ4n) is 2.07. The summed E-state index contributed by atoms with van der Waals surface area (Å²) in [6.45, 7) is 5.84. The van der Waals surface area contributed by atoms with Crippen molar-refractivity contribution < 1.29 is 0 Å². The Morgan fingerprint density at radius 3 is 2.79 bits per heavy atom. The van der Waals surface area contributed by atoms with Gasteiger partial charge in [0.2, 0.25) is 0 Å². The monoisotopic (exact) mass is 253 g/mol. The molecule has 2 rings (SSSR count). The molecule has 0 amide bonds. The van der Waals surface area contributed by atoms with Gasteiger partial charge in [-0.3, -0.25) is 4.90 Å². The standard InChI is InChI=1S/C12H16BrN/c1-9-6-7-14(9)10(2)11-4-3-5-12(13)8-11/h3-5,8-10H,6-7H2,1-2H3. The lowest BCUT2D eigenvalue weighted by molar-refractivity contribution is 0.0604. The normalized spacial score (nSPS) is 24.4.